The summed E-state index contributed by atoms with van der Waals surface area (Å²) in [4.78, 5) is 0. The monoisotopic (exact) mass is 281 g/mol. The Morgan fingerprint density at radius 3 is 2.62 bits per heavy atom. The first kappa shape index (κ1) is 13.4. The van der Waals surface area contributed by atoms with Crippen molar-refractivity contribution in [3.63, 3.8) is 0 Å². The Morgan fingerprint density at radius 1 is 1.14 bits per heavy atom. The molecule has 0 aliphatic rings. The number of anilines is 1. The summed E-state index contributed by atoms with van der Waals surface area (Å²) in [5.74, 6) is -0.244. The molecule has 0 saturated carbocycles. The van der Waals surface area contributed by atoms with Gasteiger partial charge in [0.1, 0.15) is 11.5 Å². The van der Waals surface area contributed by atoms with E-state index in [1.54, 1.807) is 16.9 Å². The average Bonchev–Trinajstić information content (AvgIpc) is 2.80. The predicted molar refractivity (Wildman–Crippen MR) is 82.3 cm³/mol. The third-order valence-electron chi connectivity index (χ3n) is 3.35. The number of nitrogens with zero attached hydrogens (tertiary/aromatic N) is 2. The minimum atomic E-state index is -0.244. The van der Waals surface area contributed by atoms with Crippen LogP contribution in [0.4, 0.5) is 10.1 Å². The number of nitrogens with two attached hydrogens (primary N) is 1. The van der Waals surface area contributed by atoms with Crippen molar-refractivity contribution in [2.24, 2.45) is 0 Å². The number of rotatable bonds is 3. The van der Waals surface area contributed by atoms with Crippen LogP contribution in [0, 0.1) is 12.7 Å². The molecule has 0 bridgehead atoms. The minimum Gasteiger partial charge on any atom is -0.396 e. The quantitative estimate of drug-likeness (QED) is 0.796. The third kappa shape index (κ3) is 2.94. The van der Waals surface area contributed by atoms with E-state index in [0.717, 1.165) is 16.8 Å². The van der Waals surface area contributed by atoms with Crippen molar-refractivity contribution < 1.29 is 4.39 Å². The van der Waals surface area contributed by atoms with Crippen LogP contribution in [0.25, 0.3) is 11.3 Å². The Morgan fingerprint density at radius 2 is 1.90 bits per heavy atom. The molecule has 3 aromatic rings. The van der Waals surface area contributed by atoms with Crippen molar-refractivity contribution in [2.45, 2.75) is 13.5 Å². The van der Waals surface area contributed by atoms with E-state index in [1.807, 2.05) is 37.3 Å². The van der Waals surface area contributed by atoms with Crippen molar-refractivity contribution in [3.05, 3.63) is 71.7 Å². The van der Waals surface area contributed by atoms with E-state index in [1.165, 1.54) is 17.7 Å². The molecule has 0 saturated heterocycles. The summed E-state index contributed by atoms with van der Waals surface area (Å²) in [5.41, 5.74) is 10.4. The van der Waals surface area contributed by atoms with Crippen molar-refractivity contribution in [1.82, 2.24) is 9.78 Å². The highest BCUT2D eigenvalue weighted by molar-refractivity contribution is 5.72. The molecule has 0 amide bonds. The van der Waals surface area contributed by atoms with Gasteiger partial charge < -0.3 is 5.73 Å². The Kier molecular flexibility index (Phi) is 3.44. The lowest BCUT2D eigenvalue weighted by atomic mass is 10.1. The van der Waals surface area contributed by atoms with Gasteiger partial charge in [-0.3, -0.25) is 4.68 Å². The zero-order valence-corrected chi connectivity index (χ0v) is 11.8. The predicted octanol–water partition coefficient (Wildman–Crippen LogP) is 3.63. The second kappa shape index (κ2) is 5.40. The fourth-order valence-electron chi connectivity index (χ4n) is 2.28. The lowest BCUT2D eigenvalue weighted by Gasteiger charge is -2.02. The van der Waals surface area contributed by atoms with Crippen LogP contribution in [0.15, 0.2) is 54.7 Å². The van der Waals surface area contributed by atoms with Crippen molar-refractivity contribution in [3.8, 4) is 11.3 Å². The van der Waals surface area contributed by atoms with Gasteiger partial charge in [0, 0.05) is 11.8 Å². The number of aromatic nitrogens is 2. The number of halogens is 1. The Labute approximate surface area is 122 Å². The second-order valence-corrected chi connectivity index (χ2v) is 5.13. The van der Waals surface area contributed by atoms with Gasteiger partial charge in [0.25, 0.3) is 0 Å². The molecular formula is C17H16FN3. The summed E-state index contributed by atoms with van der Waals surface area (Å²) in [6.07, 6.45) is 1.78. The topological polar surface area (TPSA) is 43.8 Å². The summed E-state index contributed by atoms with van der Waals surface area (Å²) < 4.78 is 14.9. The van der Waals surface area contributed by atoms with E-state index in [2.05, 4.69) is 5.10 Å². The molecule has 21 heavy (non-hydrogen) atoms. The molecule has 106 valence electrons. The van der Waals surface area contributed by atoms with Gasteiger partial charge in [-0.25, -0.2) is 4.39 Å². The fraction of sp³-hybridized carbons (Fsp3) is 0.118. The van der Waals surface area contributed by atoms with E-state index in [9.17, 15) is 4.39 Å². The SMILES string of the molecule is Cc1ccc(-c2nn(Cc3cccc(F)c3)cc2N)cc1. The standard InChI is InChI=1S/C17H16FN3/c1-12-5-7-14(8-6-12)17-16(19)11-21(20-17)10-13-3-2-4-15(18)9-13/h2-9,11H,10,19H2,1H3. The molecule has 0 aliphatic carbocycles. The van der Waals surface area contributed by atoms with Crippen molar-refractivity contribution in [1.29, 1.82) is 0 Å². The molecule has 1 heterocycles. The van der Waals surface area contributed by atoms with Crippen LogP contribution in [-0.4, -0.2) is 9.78 Å². The third-order valence-corrected chi connectivity index (χ3v) is 3.35. The molecule has 0 radical (unpaired) electrons. The normalized spacial score (nSPS) is 10.8. The molecule has 0 aliphatic heterocycles. The Balaban J connectivity index is 1.89. The average molecular weight is 281 g/mol. The minimum absolute atomic E-state index is 0.244. The van der Waals surface area contributed by atoms with Crippen LogP contribution in [-0.2, 0) is 6.54 Å². The Bertz CT molecular complexity index is 760. The van der Waals surface area contributed by atoms with Crippen molar-refractivity contribution >= 4 is 5.69 Å². The summed E-state index contributed by atoms with van der Waals surface area (Å²) in [6, 6.07) is 14.6. The van der Waals surface area contributed by atoms with Crippen LogP contribution >= 0.6 is 0 Å². The van der Waals surface area contributed by atoms with Gasteiger partial charge in [-0.1, -0.05) is 42.0 Å². The first-order valence-corrected chi connectivity index (χ1v) is 6.76. The molecule has 4 heteroatoms. The van der Waals surface area contributed by atoms with Gasteiger partial charge in [0.15, 0.2) is 0 Å². The summed E-state index contributed by atoms with van der Waals surface area (Å²) in [5, 5.41) is 4.50. The van der Waals surface area contributed by atoms with Crippen LogP contribution in [0.2, 0.25) is 0 Å². The molecular weight excluding hydrogens is 265 g/mol. The maximum absolute atomic E-state index is 13.2. The lowest BCUT2D eigenvalue weighted by Crippen LogP contribution is -2.00. The molecule has 3 nitrogen and oxygen atoms in total. The number of nitrogen functional groups attached to an aromatic ring is 1. The van der Waals surface area contributed by atoms with Gasteiger partial charge in [0.2, 0.25) is 0 Å². The van der Waals surface area contributed by atoms with Crippen LogP contribution < -0.4 is 5.73 Å². The summed E-state index contributed by atoms with van der Waals surface area (Å²) in [6.45, 7) is 2.53. The maximum Gasteiger partial charge on any atom is 0.123 e. The highest BCUT2D eigenvalue weighted by Gasteiger charge is 2.09. The van der Waals surface area contributed by atoms with Gasteiger partial charge in [-0.15, -0.1) is 0 Å². The number of hydrogen-bond acceptors (Lipinski definition) is 2. The summed E-state index contributed by atoms with van der Waals surface area (Å²) >= 11 is 0. The first-order chi connectivity index (χ1) is 10.1. The van der Waals surface area contributed by atoms with Crippen LogP contribution in [0.1, 0.15) is 11.1 Å². The summed E-state index contributed by atoms with van der Waals surface area (Å²) in [7, 11) is 0. The number of hydrogen-bond donors (Lipinski definition) is 1. The van der Waals surface area contributed by atoms with Crippen LogP contribution in [0.5, 0.6) is 0 Å². The molecule has 3 rings (SSSR count). The van der Waals surface area contributed by atoms with Gasteiger partial charge >= 0.3 is 0 Å². The van der Waals surface area contributed by atoms with Gasteiger partial charge in [0.05, 0.1) is 12.2 Å². The maximum atomic E-state index is 13.2. The lowest BCUT2D eigenvalue weighted by molar-refractivity contribution is 0.619. The van der Waals surface area contributed by atoms with E-state index in [4.69, 9.17) is 5.73 Å². The van der Waals surface area contributed by atoms with Crippen molar-refractivity contribution in [2.75, 3.05) is 5.73 Å². The zero-order valence-electron chi connectivity index (χ0n) is 11.8. The smallest absolute Gasteiger partial charge is 0.123 e. The molecule has 0 spiro atoms. The second-order valence-electron chi connectivity index (χ2n) is 5.13. The molecule has 0 atom stereocenters. The zero-order chi connectivity index (χ0) is 14.8. The fourth-order valence-corrected chi connectivity index (χ4v) is 2.28. The van der Waals surface area contributed by atoms with E-state index in [0.29, 0.717) is 12.2 Å². The largest absolute Gasteiger partial charge is 0.396 e. The van der Waals surface area contributed by atoms with E-state index < -0.39 is 0 Å². The Hall–Kier alpha value is -2.62. The van der Waals surface area contributed by atoms with E-state index >= 15 is 0 Å². The van der Waals surface area contributed by atoms with Gasteiger partial charge in [-0.05, 0) is 24.6 Å². The highest BCUT2D eigenvalue weighted by Crippen LogP contribution is 2.24. The molecule has 2 aromatic carbocycles. The molecule has 1 aromatic heterocycles. The van der Waals surface area contributed by atoms with E-state index in [-0.39, 0.29) is 5.82 Å². The molecule has 0 fully saturated rings. The number of aryl methyl sites for hydroxylation is 1. The number of benzene rings is 2. The highest BCUT2D eigenvalue weighted by atomic mass is 19.1. The molecule has 2 N–H and O–H groups in total. The molecule has 0 unspecified atom stereocenters. The first-order valence-electron chi connectivity index (χ1n) is 6.76. The van der Waals surface area contributed by atoms with Crippen LogP contribution in [0.3, 0.4) is 0 Å². The van der Waals surface area contributed by atoms with Gasteiger partial charge in [-0.2, -0.15) is 5.10 Å².